The van der Waals surface area contributed by atoms with E-state index in [1.165, 1.54) is 29.0 Å². The van der Waals surface area contributed by atoms with Crippen molar-refractivity contribution in [3.8, 4) is 11.4 Å². The Hall–Kier alpha value is -3.82. The van der Waals surface area contributed by atoms with Gasteiger partial charge in [0.25, 0.3) is 5.91 Å². The first-order valence-corrected chi connectivity index (χ1v) is 10.1. The number of amides is 2. The molecule has 2 aromatic carbocycles. The predicted octanol–water partition coefficient (Wildman–Crippen LogP) is 3.70. The van der Waals surface area contributed by atoms with E-state index >= 15 is 0 Å². The summed E-state index contributed by atoms with van der Waals surface area (Å²) in [6.45, 7) is 2.03. The summed E-state index contributed by atoms with van der Waals surface area (Å²) >= 11 is 0. The van der Waals surface area contributed by atoms with Gasteiger partial charge in [0, 0.05) is 36.6 Å². The number of methoxy groups -OCH3 is 1. The number of alkyl halides is 3. The summed E-state index contributed by atoms with van der Waals surface area (Å²) in [5.41, 5.74) is 1.19. The van der Waals surface area contributed by atoms with E-state index in [0.29, 0.717) is 11.4 Å². The zero-order valence-corrected chi connectivity index (χ0v) is 18.0. The Kier molecular flexibility index (Phi) is 5.84. The summed E-state index contributed by atoms with van der Waals surface area (Å²) in [6, 6.07) is 9.52. The van der Waals surface area contributed by atoms with Crippen LogP contribution in [-0.4, -0.2) is 53.0 Å². The number of hydrogen-bond acceptors (Lipinski definition) is 4. The largest absolute Gasteiger partial charge is 0.494 e. The number of imidazole rings is 1. The molecule has 1 saturated heterocycles. The highest BCUT2D eigenvalue weighted by atomic mass is 19.4. The van der Waals surface area contributed by atoms with Crippen LogP contribution in [0.4, 0.5) is 18.9 Å². The Bertz CT molecular complexity index is 1210. The van der Waals surface area contributed by atoms with Crippen molar-refractivity contribution in [3.05, 3.63) is 71.8 Å². The average molecular weight is 458 g/mol. The van der Waals surface area contributed by atoms with Crippen LogP contribution in [-0.2, 0) is 11.0 Å². The van der Waals surface area contributed by atoms with Gasteiger partial charge in [0.15, 0.2) is 0 Å². The number of carbonyl (C=O) groups is 2. The standard InChI is InChI=1S/C23H21F3N4O3/c1-15-12-29(14-27-15)19-7-6-18(11-20(19)33-2)30-9-8-28(13-21(30)31)22(32)16-4-3-5-17(10-16)23(24,25)26/h3-7,10-12,14H,8-9,13H2,1-2H3. The monoisotopic (exact) mass is 458 g/mol. The van der Waals surface area contributed by atoms with Crippen LogP contribution >= 0.6 is 0 Å². The summed E-state index contributed by atoms with van der Waals surface area (Å²) in [7, 11) is 1.53. The highest BCUT2D eigenvalue weighted by Gasteiger charge is 2.33. The number of nitrogens with zero attached hydrogens (tertiary/aromatic N) is 4. The molecule has 2 heterocycles. The van der Waals surface area contributed by atoms with Crippen LogP contribution in [0.2, 0.25) is 0 Å². The van der Waals surface area contributed by atoms with Crippen LogP contribution in [0.5, 0.6) is 5.75 Å². The van der Waals surface area contributed by atoms with Gasteiger partial charge in [0.05, 0.1) is 30.4 Å². The molecule has 7 nitrogen and oxygen atoms in total. The van der Waals surface area contributed by atoms with Gasteiger partial charge in [-0.3, -0.25) is 9.59 Å². The molecule has 3 aromatic rings. The van der Waals surface area contributed by atoms with Crippen LogP contribution in [0.25, 0.3) is 5.69 Å². The van der Waals surface area contributed by atoms with Gasteiger partial charge in [-0.05, 0) is 37.3 Å². The van der Waals surface area contributed by atoms with E-state index in [-0.39, 0.29) is 31.1 Å². The Morgan fingerprint density at radius 1 is 1.12 bits per heavy atom. The number of benzene rings is 2. The Balaban J connectivity index is 1.51. The summed E-state index contributed by atoms with van der Waals surface area (Å²) in [6.07, 6.45) is -1.04. The number of aromatic nitrogens is 2. The molecule has 33 heavy (non-hydrogen) atoms. The molecule has 1 aliphatic rings. The molecule has 1 aliphatic heterocycles. The third-order valence-corrected chi connectivity index (χ3v) is 5.41. The minimum absolute atomic E-state index is 0.104. The van der Waals surface area contributed by atoms with Crippen molar-refractivity contribution < 1.29 is 27.5 Å². The molecule has 0 bridgehead atoms. The molecule has 172 valence electrons. The Morgan fingerprint density at radius 3 is 2.55 bits per heavy atom. The molecular weight excluding hydrogens is 437 g/mol. The van der Waals surface area contributed by atoms with Gasteiger partial charge < -0.3 is 19.1 Å². The molecule has 0 aliphatic carbocycles. The zero-order valence-electron chi connectivity index (χ0n) is 18.0. The summed E-state index contributed by atoms with van der Waals surface area (Å²) in [5, 5.41) is 0. The lowest BCUT2D eigenvalue weighted by Crippen LogP contribution is -2.52. The number of carbonyl (C=O) groups excluding carboxylic acids is 2. The molecule has 0 N–H and O–H groups in total. The third-order valence-electron chi connectivity index (χ3n) is 5.41. The number of anilines is 1. The first-order chi connectivity index (χ1) is 15.7. The van der Waals surface area contributed by atoms with Crippen LogP contribution in [0.1, 0.15) is 21.6 Å². The molecular formula is C23H21F3N4O3. The van der Waals surface area contributed by atoms with Crippen molar-refractivity contribution >= 4 is 17.5 Å². The molecule has 10 heteroatoms. The summed E-state index contributed by atoms with van der Waals surface area (Å²) in [5.74, 6) is -0.410. The Labute approximate surface area is 188 Å². The minimum atomic E-state index is -4.55. The van der Waals surface area contributed by atoms with E-state index in [2.05, 4.69) is 4.98 Å². The van der Waals surface area contributed by atoms with Gasteiger partial charge in [-0.25, -0.2) is 4.98 Å². The van der Waals surface area contributed by atoms with Gasteiger partial charge in [0.2, 0.25) is 5.91 Å². The van der Waals surface area contributed by atoms with Gasteiger partial charge in [-0.1, -0.05) is 6.07 Å². The van der Waals surface area contributed by atoms with E-state index in [0.717, 1.165) is 23.5 Å². The average Bonchev–Trinajstić information content (AvgIpc) is 3.23. The number of piperazine rings is 1. The molecule has 2 amide bonds. The third kappa shape index (κ3) is 4.55. The van der Waals surface area contributed by atoms with Crippen molar-refractivity contribution in [1.29, 1.82) is 0 Å². The maximum Gasteiger partial charge on any atom is 0.416 e. The number of aryl methyl sites for hydroxylation is 1. The van der Waals surface area contributed by atoms with E-state index < -0.39 is 17.6 Å². The second-order valence-corrected chi connectivity index (χ2v) is 7.63. The summed E-state index contributed by atoms with van der Waals surface area (Å²) in [4.78, 5) is 32.5. The van der Waals surface area contributed by atoms with E-state index in [1.807, 2.05) is 23.8 Å². The second kappa shape index (κ2) is 8.61. The summed E-state index contributed by atoms with van der Waals surface area (Å²) < 4.78 is 46.2. The van der Waals surface area contributed by atoms with E-state index in [4.69, 9.17) is 4.74 Å². The number of halogens is 3. The van der Waals surface area contributed by atoms with Crippen molar-refractivity contribution in [1.82, 2.24) is 14.5 Å². The topological polar surface area (TPSA) is 67.7 Å². The van der Waals surface area contributed by atoms with Gasteiger partial charge in [-0.2, -0.15) is 13.2 Å². The first kappa shape index (κ1) is 22.4. The van der Waals surface area contributed by atoms with E-state index in [9.17, 15) is 22.8 Å². The fourth-order valence-electron chi connectivity index (χ4n) is 3.73. The van der Waals surface area contributed by atoms with Crippen LogP contribution in [0.3, 0.4) is 0 Å². The highest BCUT2D eigenvalue weighted by Crippen LogP contribution is 2.31. The van der Waals surface area contributed by atoms with Crippen LogP contribution in [0, 0.1) is 6.92 Å². The van der Waals surface area contributed by atoms with Crippen molar-refractivity contribution in [2.45, 2.75) is 13.1 Å². The fraction of sp³-hybridized carbons (Fsp3) is 0.261. The molecule has 1 fully saturated rings. The number of ether oxygens (including phenoxy) is 1. The predicted molar refractivity (Wildman–Crippen MR) is 115 cm³/mol. The van der Waals surface area contributed by atoms with Crippen molar-refractivity contribution in [2.75, 3.05) is 31.6 Å². The zero-order chi connectivity index (χ0) is 23.8. The fourth-order valence-corrected chi connectivity index (χ4v) is 3.73. The van der Waals surface area contributed by atoms with Crippen molar-refractivity contribution in [3.63, 3.8) is 0 Å². The molecule has 0 unspecified atom stereocenters. The second-order valence-electron chi connectivity index (χ2n) is 7.63. The number of hydrogen-bond donors (Lipinski definition) is 0. The Morgan fingerprint density at radius 2 is 1.91 bits per heavy atom. The van der Waals surface area contributed by atoms with Crippen LogP contribution < -0.4 is 9.64 Å². The molecule has 0 atom stereocenters. The minimum Gasteiger partial charge on any atom is -0.494 e. The maximum atomic E-state index is 13.0. The lowest BCUT2D eigenvalue weighted by Gasteiger charge is -2.34. The SMILES string of the molecule is COc1cc(N2CCN(C(=O)c3cccc(C(F)(F)F)c3)CC2=O)ccc1-n1cnc(C)c1. The molecule has 0 saturated carbocycles. The van der Waals surface area contributed by atoms with E-state index in [1.54, 1.807) is 18.5 Å². The van der Waals surface area contributed by atoms with Crippen LogP contribution in [0.15, 0.2) is 55.0 Å². The molecule has 0 radical (unpaired) electrons. The van der Waals surface area contributed by atoms with Crippen molar-refractivity contribution in [2.24, 2.45) is 0 Å². The molecule has 4 rings (SSSR count). The van der Waals surface area contributed by atoms with Gasteiger partial charge >= 0.3 is 6.18 Å². The van der Waals surface area contributed by atoms with Gasteiger partial charge in [0.1, 0.15) is 12.3 Å². The normalized spacial score (nSPS) is 14.5. The quantitative estimate of drug-likeness (QED) is 0.598. The first-order valence-electron chi connectivity index (χ1n) is 10.1. The lowest BCUT2D eigenvalue weighted by atomic mass is 10.1. The highest BCUT2D eigenvalue weighted by molar-refractivity contribution is 6.02. The maximum absolute atomic E-state index is 13.0. The molecule has 1 aromatic heterocycles. The van der Waals surface area contributed by atoms with Gasteiger partial charge in [-0.15, -0.1) is 0 Å². The smallest absolute Gasteiger partial charge is 0.416 e. The lowest BCUT2D eigenvalue weighted by molar-refractivity contribution is -0.137. The molecule has 0 spiro atoms. The number of rotatable bonds is 4.